The Kier molecular flexibility index (Phi) is 6.61. The third-order valence-electron chi connectivity index (χ3n) is 5.21. The molecule has 136 valence electrons. The monoisotopic (exact) mass is 363 g/mol. The summed E-state index contributed by atoms with van der Waals surface area (Å²) in [4.78, 5) is 2.29. The van der Waals surface area contributed by atoms with Gasteiger partial charge in [-0.2, -0.15) is 0 Å². The molecule has 1 nitrogen and oxygen atoms in total. The van der Waals surface area contributed by atoms with Gasteiger partial charge >= 0.3 is 159 Å². The zero-order chi connectivity index (χ0) is 18.2. The molecule has 0 N–H and O–H groups in total. The molecule has 0 unspecified atom stereocenters. The first kappa shape index (κ1) is 18.8. The van der Waals surface area contributed by atoms with Crippen molar-refractivity contribution >= 4 is 23.2 Å². The van der Waals surface area contributed by atoms with Crippen LogP contribution in [-0.4, -0.2) is 31.7 Å². The Balaban J connectivity index is 2.09. The van der Waals surface area contributed by atoms with E-state index in [0.29, 0.717) is 0 Å². The van der Waals surface area contributed by atoms with Gasteiger partial charge in [-0.3, -0.25) is 0 Å². The zero-order valence-electron chi connectivity index (χ0n) is 15.9. The van der Waals surface area contributed by atoms with Crippen molar-refractivity contribution in [3.8, 4) is 0 Å². The predicted octanol–water partition coefficient (Wildman–Crippen LogP) is 4.05. The van der Waals surface area contributed by atoms with E-state index >= 15 is 0 Å². The van der Waals surface area contributed by atoms with Crippen molar-refractivity contribution in [1.29, 1.82) is 0 Å². The maximum absolute atomic E-state index is 2.35. The molecule has 0 amide bonds. The number of benzene rings is 3. The molecule has 3 aromatic rings. The second-order valence-electron chi connectivity index (χ2n) is 7.26. The molecule has 0 aromatic heterocycles. The minimum atomic E-state index is -2.01. The fourth-order valence-corrected chi connectivity index (χ4v) is 8.85. The average molecular weight is 363 g/mol. The van der Waals surface area contributed by atoms with E-state index in [1.54, 1.807) is 0 Å². The Bertz CT molecular complexity index is 672. The molecule has 0 spiro atoms. The van der Waals surface area contributed by atoms with Gasteiger partial charge in [-0.25, -0.2) is 0 Å². The van der Waals surface area contributed by atoms with Crippen molar-refractivity contribution < 1.29 is 0 Å². The van der Waals surface area contributed by atoms with Crippen molar-refractivity contribution in [3.63, 3.8) is 0 Å². The van der Waals surface area contributed by atoms with E-state index in [0.717, 1.165) is 6.54 Å². The standard InChI is InChI=1S/C24H30NP/c1-25(2)20-12-13-21-26(22-14-6-3-7-15-22,23-16-8-4-9-17-23)24-18-10-5-11-19-24/h3-11,14-19,26H,12-13,20-21H2,1-2H3. The number of unbranched alkanes of at least 4 members (excludes halogenated alkanes) is 1. The number of rotatable bonds is 8. The van der Waals surface area contributed by atoms with E-state index < -0.39 is 7.26 Å². The van der Waals surface area contributed by atoms with Crippen LogP contribution in [0.1, 0.15) is 12.8 Å². The van der Waals surface area contributed by atoms with Gasteiger partial charge in [0.25, 0.3) is 0 Å². The quantitative estimate of drug-likeness (QED) is 0.431. The summed E-state index contributed by atoms with van der Waals surface area (Å²) >= 11 is 0. The van der Waals surface area contributed by atoms with Crippen molar-refractivity contribution in [2.24, 2.45) is 0 Å². The van der Waals surface area contributed by atoms with Crippen LogP contribution < -0.4 is 15.9 Å². The first-order valence-corrected chi connectivity index (χ1v) is 11.8. The molecule has 2 heteroatoms. The second-order valence-corrected chi connectivity index (χ2v) is 11.3. The third kappa shape index (κ3) is 4.23. The summed E-state index contributed by atoms with van der Waals surface area (Å²) in [5.41, 5.74) is 0. The molecule has 0 saturated carbocycles. The van der Waals surface area contributed by atoms with E-state index in [9.17, 15) is 0 Å². The van der Waals surface area contributed by atoms with E-state index in [-0.39, 0.29) is 0 Å². The van der Waals surface area contributed by atoms with Gasteiger partial charge in [-0.15, -0.1) is 0 Å². The molecular weight excluding hydrogens is 333 g/mol. The molecule has 3 rings (SSSR count). The Morgan fingerprint density at radius 1 is 0.577 bits per heavy atom. The fourth-order valence-electron chi connectivity index (χ4n) is 3.92. The number of hydrogen-bond donors (Lipinski definition) is 0. The van der Waals surface area contributed by atoms with Crippen LogP contribution in [0.5, 0.6) is 0 Å². The molecule has 0 aliphatic carbocycles. The molecule has 3 aromatic carbocycles. The van der Waals surface area contributed by atoms with Gasteiger partial charge in [-0.1, -0.05) is 0 Å². The van der Waals surface area contributed by atoms with Crippen LogP contribution in [-0.2, 0) is 0 Å². The normalized spacial score (nSPS) is 12.3. The average Bonchev–Trinajstić information content (AvgIpc) is 2.70. The van der Waals surface area contributed by atoms with Crippen molar-refractivity contribution in [2.75, 3.05) is 26.8 Å². The minimum absolute atomic E-state index is 1.16. The zero-order valence-corrected chi connectivity index (χ0v) is 16.9. The van der Waals surface area contributed by atoms with Gasteiger partial charge in [0, 0.05) is 0 Å². The van der Waals surface area contributed by atoms with Gasteiger partial charge in [-0.05, 0) is 0 Å². The summed E-state index contributed by atoms with van der Waals surface area (Å²) in [6.45, 7) is 1.16. The molecule has 0 bridgehead atoms. The van der Waals surface area contributed by atoms with Gasteiger partial charge in [0.15, 0.2) is 0 Å². The van der Waals surface area contributed by atoms with Gasteiger partial charge in [0.1, 0.15) is 0 Å². The van der Waals surface area contributed by atoms with Crippen LogP contribution in [0.2, 0.25) is 0 Å². The third-order valence-corrected chi connectivity index (χ3v) is 10.3. The summed E-state index contributed by atoms with van der Waals surface area (Å²) in [6.07, 6.45) is 3.75. The number of hydrogen-bond acceptors (Lipinski definition) is 1. The summed E-state index contributed by atoms with van der Waals surface area (Å²) in [7, 11) is 2.31. The Morgan fingerprint density at radius 2 is 0.962 bits per heavy atom. The summed E-state index contributed by atoms with van der Waals surface area (Å²) in [6, 6.07) is 33.6. The SMILES string of the molecule is CN(C)CCCC[PH](c1ccccc1)(c1ccccc1)c1ccccc1. The van der Waals surface area contributed by atoms with Crippen molar-refractivity contribution in [3.05, 3.63) is 91.0 Å². The van der Waals surface area contributed by atoms with E-state index in [1.807, 2.05) is 0 Å². The summed E-state index contributed by atoms with van der Waals surface area (Å²) < 4.78 is 0. The van der Waals surface area contributed by atoms with E-state index in [4.69, 9.17) is 0 Å². The molecule has 0 saturated heterocycles. The van der Waals surface area contributed by atoms with Gasteiger partial charge in [0.2, 0.25) is 0 Å². The molecule has 0 heterocycles. The molecule has 26 heavy (non-hydrogen) atoms. The van der Waals surface area contributed by atoms with Gasteiger partial charge in [0.05, 0.1) is 0 Å². The van der Waals surface area contributed by atoms with Crippen LogP contribution in [0.4, 0.5) is 0 Å². The molecule has 0 radical (unpaired) electrons. The first-order valence-electron chi connectivity index (χ1n) is 9.55. The van der Waals surface area contributed by atoms with Crippen LogP contribution in [0.15, 0.2) is 91.0 Å². The molecule has 0 aliphatic heterocycles. The fraction of sp³-hybridized carbons (Fsp3) is 0.250. The summed E-state index contributed by atoms with van der Waals surface area (Å²) in [5, 5.41) is 4.55. The Labute approximate surface area is 159 Å². The van der Waals surface area contributed by atoms with Crippen LogP contribution in [0.3, 0.4) is 0 Å². The van der Waals surface area contributed by atoms with Crippen LogP contribution >= 0.6 is 7.26 Å². The van der Waals surface area contributed by atoms with E-state index in [1.165, 1.54) is 34.9 Å². The summed E-state index contributed by atoms with van der Waals surface area (Å²) in [5.74, 6) is 0. The van der Waals surface area contributed by atoms with Crippen LogP contribution in [0, 0.1) is 0 Å². The van der Waals surface area contributed by atoms with E-state index in [2.05, 4.69) is 110 Å². The maximum atomic E-state index is 2.35. The van der Waals surface area contributed by atoms with Crippen molar-refractivity contribution in [2.45, 2.75) is 12.8 Å². The van der Waals surface area contributed by atoms with Crippen LogP contribution in [0.25, 0.3) is 0 Å². The Hall–Kier alpha value is -1.95. The first-order chi connectivity index (χ1) is 12.7. The van der Waals surface area contributed by atoms with Gasteiger partial charge < -0.3 is 0 Å². The molecule has 0 fully saturated rings. The topological polar surface area (TPSA) is 3.24 Å². The predicted molar refractivity (Wildman–Crippen MR) is 119 cm³/mol. The molecule has 0 aliphatic rings. The Morgan fingerprint density at radius 3 is 1.31 bits per heavy atom. The van der Waals surface area contributed by atoms with Crippen molar-refractivity contribution in [1.82, 2.24) is 4.90 Å². The second kappa shape index (κ2) is 9.12. The molecular formula is C24H30NP. The molecule has 0 atom stereocenters. The number of nitrogens with zero attached hydrogens (tertiary/aromatic N) is 1.